The normalized spacial score (nSPS) is 22.2. The summed E-state index contributed by atoms with van der Waals surface area (Å²) in [5.41, 5.74) is 0. The molecule has 0 bridgehead atoms. The van der Waals surface area contributed by atoms with E-state index in [0.717, 1.165) is 31.8 Å². The van der Waals surface area contributed by atoms with Gasteiger partial charge in [-0.2, -0.15) is 11.8 Å². The van der Waals surface area contributed by atoms with E-state index in [-0.39, 0.29) is 6.10 Å². The minimum Gasteiger partial charge on any atom is -0.392 e. The van der Waals surface area contributed by atoms with Gasteiger partial charge in [0.25, 0.3) is 0 Å². The van der Waals surface area contributed by atoms with E-state index >= 15 is 0 Å². The van der Waals surface area contributed by atoms with Gasteiger partial charge < -0.3 is 9.84 Å². The van der Waals surface area contributed by atoms with Gasteiger partial charge in [-0.1, -0.05) is 13.8 Å². The van der Waals surface area contributed by atoms with Crippen molar-refractivity contribution in [1.29, 1.82) is 0 Å². The van der Waals surface area contributed by atoms with Crippen LogP contribution in [0.15, 0.2) is 0 Å². The molecule has 0 amide bonds. The minimum atomic E-state index is -0.128. The van der Waals surface area contributed by atoms with Gasteiger partial charge >= 0.3 is 0 Å². The first-order valence-electron chi connectivity index (χ1n) is 5.07. The maximum absolute atomic E-state index is 9.85. The molecule has 3 heteroatoms. The van der Waals surface area contributed by atoms with Crippen LogP contribution in [-0.4, -0.2) is 35.4 Å². The number of aliphatic hydroxyl groups is 1. The SMILES string of the molecule is CC(C)SCC(O)C1CCOCC1. The van der Waals surface area contributed by atoms with Crippen LogP contribution in [-0.2, 0) is 4.74 Å². The Morgan fingerprint density at radius 3 is 2.54 bits per heavy atom. The predicted molar refractivity (Wildman–Crippen MR) is 57.1 cm³/mol. The lowest BCUT2D eigenvalue weighted by molar-refractivity contribution is 0.0169. The zero-order valence-corrected chi connectivity index (χ0v) is 9.35. The molecule has 0 aliphatic carbocycles. The Balaban J connectivity index is 2.17. The standard InChI is InChI=1S/C10H20O2S/c1-8(2)13-7-10(11)9-3-5-12-6-4-9/h8-11H,3-7H2,1-2H3. The number of thioether (sulfide) groups is 1. The third-order valence-electron chi connectivity index (χ3n) is 2.41. The number of rotatable bonds is 4. The lowest BCUT2D eigenvalue weighted by Gasteiger charge is -2.26. The molecule has 1 aliphatic heterocycles. The Morgan fingerprint density at radius 2 is 2.00 bits per heavy atom. The molecule has 1 aliphatic rings. The number of ether oxygens (including phenoxy) is 1. The van der Waals surface area contributed by atoms with Gasteiger partial charge in [-0.25, -0.2) is 0 Å². The van der Waals surface area contributed by atoms with Crippen LogP contribution in [0.3, 0.4) is 0 Å². The first-order valence-corrected chi connectivity index (χ1v) is 6.12. The van der Waals surface area contributed by atoms with Gasteiger partial charge in [0.15, 0.2) is 0 Å². The second-order valence-electron chi connectivity index (χ2n) is 3.90. The molecule has 1 N–H and O–H groups in total. The van der Waals surface area contributed by atoms with E-state index in [1.807, 2.05) is 11.8 Å². The van der Waals surface area contributed by atoms with Crippen molar-refractivity contribution in [3.05, 3.63) is 0 Å². The van der Waals surface area contributed by atoms with Crippen molar-refractivity contribution in [2.45, 2.75) is 38.0 Å². The van der Waals surface area contributed by atoms with E-state index in [9.17, 15) is 5.11 Å². The molecule has 0 radical (unpaired) electrons. The van der Waals surface area contributed by atoms with Crippen LogP contribution < -0.4 is 0 Å². The smallest absolute Gasteiger partial charge is 0.0660 e. The minimum absolute atomic E-state index is 0.128. The van der Waals surface area contributed by atoms with Gasteiger partial charge in [-0.3, -0.25) is 0 Å². The molecule has 13 heavy (non-hydrogen) atoms. The van der Waals surface area contributed by atoms with E-state index < -0.39 is 0 Å². The third kappa shape index (κ3) is 4.34. The van der Waals surface area contributed by atoms with Crippen LogP contribution in [0.5, 0.6) is 0 Å². The first-order chi connectivity index (χ1) is 6.20. The van der Waals surface area contributed by atoms with Gasteiger partial charge in [0.2, 0.25) is 0 Å². The molecule has 1 unspecified atom stereocenters. The highest BCUT2D eigenvalue weighted by Crippen LogP contribution is 2.22. The van der Waals surface area contributed by atoms with Crippen molar-refractivity contribution < 1.29 is 9.84 Å². The van der Waals surface area contributed by atoms with Crippen molar-refractivity contribution in [1.82, 2.24) is 0 Å². The molecule has 0 spiro atoms. The van der Waals surface area contributed by atoms with Gasteiger partial charge in [0, 0.05) is 19.0 Å². The average molecular weight is 204 g/mol. The summed E-state index contributed by atoms with van der Waals surface area (Å²) < 4.78 is 5.26. The van der Waals surface area contributed by atoms with Crippen LogP contribution in [0.1, 0.15) is 26.7 Å². The molecular formula is C10H20O2S. The van der Waals surface area contributed by atoms with E-state index in [2.05, 4.69) is 13.8 Å². The number of hydrogen-bond acceptors (Lipinski definition) is 3. The zero-order chi connectivity index (χ0) is 9.68. The molecule has 0 saturated carbocycles. The molecule has 0 aromatic heterocycles. The van der Waals surface area contributed by atoms with Crippen molar-refractivity contribution in [3.8, 4) is 0 Å². The number of hydrogen-bond donors (Lipinski definition) is 1. The average Bonchev–Trinajstić information content (AvgIpc) is 2.15. The Hall–Kier alpha value is 0.270. The summed E-state index contributed by atoms with van der Waals surface area (Å²) in [5.74, 6) is 1.35. The monoisotopic (exact) mass is 204 g/mol. The van der Waals surface area contributed by atoms with Crippen molar-refractivity contribution in [2.75, 3.05) is 19.0 Å². The lowest BCUT2D eigenvalue weighted by atomic mass is 9.95. The lowest BCUT2D eigenvalue weighted by Crippen LogP contribution is -2.29. The fourth-order valence-electron chi connectivity index (χ4n) is 1.53. The topological polar surface area (TPSA) is 29.5 Å². The summed E-state index contributed by atoms with van der Waals surface area (Å²) in [5, 5.41) is 10.5. The van der Waals surface area contributed by atoms with Gasteiger partial charge in [-0.05, 0) is 24.0 Å². The molecule has 1 rings (SSSR count). The summed E-state index contributed by atoms with van der Waals surface area (Å²) >= 11 is 1.84. The van der Waals surface area contributed by atoms with Crippen LogP contribution in [0, 0.1) is 5.92 Å². The summed E-state index contributed by atoms with van der Waals surface area (Å²) in [4.78, 5) is 0. The van der Waals surface area contributed by atoms with Crippen LogP contribution in [0.2, 0.25) is 0 Å². The van der Waals surface area contributed by atoms with Crippen molar-refractivity contribution in [2.24, 2.45) is 5.92 Å². The summed E-state index contributed by atoms with van der Waals surface area (Å²) in [7, 11) is 0. The quantitative estimate of drug-likeness (QED) is 0.758. The van der Waals surface area contributed by atoms with E-state index in [1.165, 1.54) is 0 Å². The fourth-order valence-corrected chi connectivity index (χ4v) is 2.38. The molecule has 78 valence electrons. The highest BCUT2D eigenvalue weighted by molar-refractivity contribution is 7.99. The van der Waals surface area contributed by atoms with Gasteiger partial charge in [0.1, 0.15) is 0 Å². The van der Waals surface area contributed by atoms with Crippen molar-refractivity contribution in [3.63, 3.8) is 0 Å². The molecule has 1 saturated heterocycles. The molecule has 1 heterocycles. The van der Waals surface area contributed by atoms with E-state index in [0.29, 0.717) is 11.2 Å². The summed E-state index contributed by atoms with van der Waals surface area (Å²) in [6, 6.07) is 0. The maximum Gasteiger partial charge on any atom is 0.0660 e. The highest BCUT2D eigenvalue weighted by Gasteiger charge is 2.21. The zero-order valence-electron chi connectivity index (χ0n) is 8.53. The van der Waals surface area contributed by atoms with Crippen molar-refractivity contribution >= 4 is 11.8 Å². The van der Waals surface area contributed by atoms with Gasteiger partial charge in [0.05, 0.1) is 6.10 Å². The molecule has 0 aromatic carbocycles. The molecule has 0 aromatic rings. The Kier molecular flexibility index (Phi) is 5.14. The highest BCUT2D eigenvalue weighted by atomic mass is 32.2. The summed E-state index contributed by atoms with van der Waals surface area (Å²) in [6.07, 6.45) is 1.93. The molecule has 1 atom stereocenters. The molecule has 2 nitrogen and oxygen atoms in total. The molecular weight excluding hydrogens is 184 g/mol. The fraction of sp³-hybridized carbons (Fsp3) is 1.00. The predicted octanol–water partition coefficient (Wildman–Crippen LogP) is 1.92. The Labute approximate surface area is 85.0 Å². The van der Waals surface area contributed by atoms with Crippen LogP contribution >= 0.6 is 11.8 Å². The second-order valence-corrected chi connectivity index (χ2v) is 5.51. The van der Waals surface area contributed by atoms with Gasteiger partial charge in [-0.15, -0.1) is 0 Å². The second kappa shape index (κ2) is 5.89. The largest absolute Gasteiger partial charge is 0.392 e. The summed E-state index contributed by atoms with van der Waals surface area (Å²) in [6.45, 7) is 5.99. The van der Waals surface area contributed by atoms with Crippen LogP contribution in [0.4, 0.5) is 0 Å². The maximum atomic E-state index is 9.85. The molecule has 1 fully saturated rings. The van der Waals surface area contributed by atoms with Crippen LogP contribution in [0.25, 0.3) is 0 Å². The first kappa shape index (κ1) is 11.3. The third-order valence-corrected chi connectivity index (χ3v) is 3.61. The Morgan fingerprint density at radius 1 is 1.38 bits per heavy atom. The van der Waals surface area contributed by atoms with E-state index in [4.69, 9.17) is 4.74 Å². The number of aliphatic hydroxyl groups excluding tert-OH is 1. The van der Waals surface area contributed by atoms with E-state index in [1.54, 1.807) is 0 Å². The Bertz CT molecular complexity index is 133.